The Morgan fingerprint density at radius 1 is 1.32 bits per heavy atom. The predicted molar refractivity (Wildman–Crippen MR) is 98.9 cm³/mol. The maximum absolute atomic E-state index is 13.0. The lowest BCUT2D eigenvalue weighted by Crippen LogP contribution is -2.42. The van der Waals surface area contributed by atoms with Crippen LogP contribution in [0.25, 0.3) is 0 Å². The first-order valence-electron chi connectivity index (χ1n) is 8.44. The maximum atomic E-state index is 13.0. The zero-order chi connectivity index (χ0) is 18.4. The van der Waals surface area contributed by atoms with E-state index in [1.54, 1.807) is 30.8 Å². The Morgan fingerprint density at radius 2 is 1.96 bits per heavy atom. The number of benzene rings is 1. The van der Waals surface area contributed by atoms with Crippen molar-refractivity contribution in [3.05, 3.63) is 24.3 Å². The summed E-state index contributed by atoms with van der Waals surface area (Å²) in [7, 11) is -3.50. The standard InChI is InChI=1S/C18H24N2O3S2/c1-13(25(22,23)15-9-7-14(24-2)8-10-15)16-5-3-4-6-17(16)18(21)20-12-11-19/h7-10,13,16-17H,3-6,12H2,1-2H3,(H,20,21)/t13?,16-,17+/m0/s1. The summed E-state index contributed by atoms with van der Waals surface area (Å²) in [6, 6.07) is 8.80. The van der Waals surface area contributed by atoms with Crippen LogP contribution in [0.5, 0.6) is 0 Å². The molecule has 1 N–H and O–H groups in total. The third kappa shape index (κ3) is 4.56. The zero-order valence-corrected chi connectivity index (χ0v) is 16.2. The fraction of sp³-hybridized carbons (Fsp3) is 0.556. The van der Waals surface area contributed by atoms with Gasteiger partial charge in [-0.3, -0.25) is 4.79 Å². The molecule has 1 saturated carbocycles. The fourth-order valence-electron chi connectivity index (χ4n) is 3.51. The van der Waals surface area contributed by atoms with Gasteiger partial charge in [-0.25, -0.2) is 8.42 Å². The molecule has 1 fully saturated rings. The van der Waals surface area contributed by atoms with E-state index in [0.717, 1.165) is 17.7 Å². The van der Waals surface area contributed by atoms with Crippen LogP contribution in [0.1, 0.15) is 32.6 Å². The van der Waals surface area contributed by atoms with E-state index in [1.165, 1.54) is 0 Å². The van der Waals surface area contributed by atoms with Gasteiger partial charge in [-0.1, -0.05) is 12.8 Å². The fourth-order valence-corrected chi connectivity index (χ4v) is 5.65. The molecule has 1 aliphatic carbocycles. The molecule has 1 amide bonds. The van der Waals surface area contributed by atoms with Gasteiger partial charge in [0.2, 0.25) is 5.91 Å². The second kappa shape index (κ2) is 8.72. The number of rotatable bonds is 6. The number of hydrogen-bond acceptors (Lipinski definition) is 5. The number of nitrogens with one attached hydrogen (secondary N) is 1. The van der Waals surface area contributed by atoms with E-state index in [0.29, 0.717) is 17.7 Å². The molecule has 7 heteroatoms. The molecular weight excluding hydrogens is 356 g/mol. The summed E-state index contributed by atoms with van der Waals surface area (Å²) in [5.41, 5.74) is 0. The highest BCUT2D eigenvalue weighted by molar-refractivity contribution is 7.98. The van der Waals surface area contributed by atoms with Crippen molar-refractivity contribution in [2.24, 2.45) is 11.8 Å². The van der Waals surface area contributed by atoms with Crippen LogP contribution in [0.4, 0.5) is 0 Å². The first kappa shape index (κ1) is 19.8. The molecule has 1 aliphatic rings. The summed E-state index contributed by atoms with van der Waals surface area (Å²) in [5, 5.41) is 10.6. The number of nitriles is 1. The van der Waals surface area contributed by atoms with Crippen molar-refractivity contribution in [1.29, 1.82) is 5.26 Å². The highest BCUT2D eigenvalue weighted by Gasteiger charge is 2.40. The van der Waals surface area contributed by atoms with Crippen molar-refractivity contribution < 1.29 is 13.2 Å². The summed E-state index contributed by atoms with van der Waals surface area (Å²) >= 11 is 1.56. The Kier molecular flexibility index (Phi) is 6.91. The van der Waals surface area contributed by atoms with Gasteiger partial charge in [0.25, 0.3) is 0 Å². The van der Waals surface area contributed by atoms with Crippen LogP contribution < -0.4 is 5.32 Å². The van der Waals surface area contributed by atoms with E-state index in [4.69, 9.17) is 5.26 Å². The Morgan fingerprint density at radius 3 is 2.56 bits per heavy atom. The first-order valence-corrected chi connectivity index (χ1v) is 11.2. The van der Waals surface area contributed by atoms with E-state index in [1.807, 2.05) is 24.5 Å². The summed E-state index contributed by atoms with van der Waals surface area (Å²) in [4.78, 5) is 13.7. The third-order valence-electron chi connectivity index (χ3n) is 4.98. The highest BCUT2D eigenvalue weighted by Crippen LogP contribution is 2.37. The van der Waals surface area contributed by atoms with Crippen LogP contribution in [-0.2, 0) is 14.6 Å². The van der Waals surface area contributed by atoms with E-state index in [-0.39, 0.29) is 24.3 Å². The van der Waals surface area contributed by atoms with Gasteiger partial charge >= 0.3 is 0 Å². The SMILES string of the molecule is CSc1ccc(S(=O)(=O)C(C)[C@@H]2CCCC[C@H]2C(=O)NCC#N)cc1. The van der Waals surface area contributed by atoms with Gasteiger partial charge in [0.05, 0.1) is 16.2 Å². The molecule has 0 aromatic heterocycles. The number of amides is 1. The Balaban J connectivity index is 2.23. The molecule has 1 aromatic carbocycles. The van der Waals surface area contributed by atoms with Gasteiger partial charge in [0.15, 0.2) is 9.84 Å². The quantitative estimate of drug-likeness (QED) is 0.605. The van der Waals surface area contributed by atoms with Gasteiger partial charge < -0.3 is 5.32 Å². The second-order valence-electron chi connectivity index (χ2n) is 6.36. The van der Waals surface area contributed by atoms with Crippen molar-refractivity contribution in [3.63, 3.8) is 0 Å². The van der Waals surface area contributed by atoms with Crippen LogP contribution in [0, 0.1) is 23.2 Å². The molecule has 25 heavy (non-hydrogen) atoms. The third-order valence-corrected chi connectivity index (χ3v) is 7.98. The second-order valence-corrected chi connectivity index (χ2v) is 9.54. The topological polar surface area (TPSA) is 87.0 Å². The van der Waals surface area contributed by atoms with E-state index in [2.05, 4.69) is 5.32 Å². The van der Waals surface area contributed by atoms with Crippen LogP contribution in [0.15, 0.2) is 34.1 Å². The molecule has 136 valence electrons. The molecule has 5 nitrogen and oxygen atoms in total. The molecule has 2 rings (SSSR count). The molecule has 1 aromatic rings. The van der Waals surface area contributed by atoms with E-state index < -0.39 is 15.1 Å². The molecule has 1 unspecified atom stereocenters. The van der Waals surface area contributed by atoms with Crippen LogP contribution in [0.3, 0.4) is 0 Å². The van der Waals surface area contributed by atoms with Crippen molar-refractivity contribution in [3.8, 4) is 6.07 Å². The molecule has 0 saturated heterocycles. The van der Waals surface area contributed by atoms with Crippen LogP contribution in [-0.4, -0.2) is 32.4 Å². The lowest BCUT2D eigenvalue weighted by atomic mass is 9.77. The highest BCUT2D eigenvalue weighted by atomic mass is 32.2. The first-order chi connectivity index (χ1) is 11.9. The van der Waals surface area contributed by atoms with Gasteiger partial charge in [-0.15, -0.1) is 11.8 Å². The monoisotopic (exact) mass is 380 g/mol. The molecule has 0 heterocycles. The summed E-state index contributed by atoms with van der Waals surface area (Å²) < 4.78 is 26.0. The largest absolute Gasteiger partial charge is 0.343 e. The number of thioether (sulfide) groups is 1. The smallest absolute Gasteiger partial charge is 0.224 e. The Hall–Kier alpha value is -1.52. The Bertz CT molecular complexity index is 739. The number of sulfone groups is 1. The molecule has 0 radical (unpaired) electrons. The van der Waals surface area contributed by atoms with Crippen molar-refractivity contribution in [2.45, 2.75) is 47.6 Å². The molecule has 0 aliphatic heterocycles. The van der Waals surface area contributed by atoms with Crippen molar-refractivity contribution in [2.75, 3.05) is 12.8 Å². The van der Waals surface area contributed by atoms with E-state index >= 15 is 0 Å². The minimum absolute atomic E-state index is 0.0423. The normalized spacial score (nSPS) is 22.0. The summed E-state index contributed by atoms with van der Waals surface area (Å²) in [6.07, 6.45) is 5.17. The molecule has 3 atom stereocenters. The molecule has 0 bridgehead atoms. The summed E-state index contributed by atoms with van der Waals surface area (Å²) in [5.74, 6) is -0.777. The number of hydrogen-bond donors (Lipinski definition) is 1. The van der Waals surface area contributed by atoms with Crippen molar-refractivity contribution >= 4 is 27.5 Å². The van der Waals surface area contributed by atoms with Crippen LogP contribution in [0.2, 0.25) is 0 Å². The van der Waals surface area contributed by atoms with Gasteiger partial charge in [-0.05, 0) is 56.2 Å². The molecular formula is C18H24N2O3S2. The van der Waals surface area contributed by atoms with Gasteiger partial charge in [-0.2, -0.15) is 5.26 Å². The Labute approximate surface area is 154 Å². The average Bonchev–Trinajstić information content (AvgIpc) is 2.65. The molecule has 0 spiro atoms. The van der Waals surface area contributed by atoms with Gasteiger partial charge in [0.1, 0.15) is 6.54 Å². The number of nitrogens with zero attached hydrogens (tertiary/aromatic N) is 1. The minimum atomic E-state index is -3.50. The summed E-state index contributed by atoms with van der Waals surface area (Å²) in [6.45, 7) is 1.66. The van der Waals surface area contributed by atoms with Crippen molar-refractivity contribution in [1.82, 2.24) is 5.32 Å². The maximum Gasteiger partial charge on any atom is 0.224 e. The van der Waals surface area contributed by atoms with Crippen LogP contribution >= 0.6 is 11.8 Å². The lowest BCUT2D eigenvalue weighted by Gasteiger charge is -2.34. The lowest BCUT2D eigenvalue weighted by molar-refractivity contribution is -0.127. The predicted octanol–water partition coefficient (Wildman–Crippen LogP) is 3.02. The average molecular weight is 381 g/mol. The van der Waals surface area contributed by atoms with Gasteiger partial charge in [0, 0.05) is 10.8 Å². The minimum Gasteiger partial charge on any atom is -0.343 e. The zero-order valence-electron chi connectivity index (χ0n) is 14.6. The number of carbonyl (C=O) groups excluding carboxylic acids is 1. The number of carbonyl (C=O) groups is 1. The van der Waals surface area contributed by atoms with E-state index in [9.17, 15) is 13.2 Å².